The fourth-order valence-corrected chi connectivity index (χ4v) is 6.08. The van der Waals surface area contributed by atoms with Crippen molar-refractivity contribution in [3.63, 3.8) is 0 Å². The standard InChI is InChI=1S/C27H27FO3.C22H17FO.C4H9NO3/c1-19-11-12-20(15-16-27(2,18-29)26(30)31)17-23(19)14-13-22-9-6-10-24(25(22)28)21-7-4-3-5-8-21;1-16-10-11-17(15-24)14-20(16)13-12-19-8-5-9-21(22(19)23)18-6-3-2-4-7-18;1-4(5,2-6)3(7)8/h3-14,17,29H,15-16,18H2,1-2H3,(H,30,31);2-15H,1H3;6H,2,5H2,1H3,(H,7,8)/b14-13+;13-12+;/t27-;;4-/m1.1/s1. The first-order valence-electron chi connectivity index (χ1n) is 20.2. The highest BCUT2D eigenvalue weighted by atomic mass is 19.1. The number of carbonyl (C=O) groups excluding carboxylic acids is 1. The van der Waals surface area contributed by atoms with Crippen LogP contribution in [0.4, 0.5) is 8.78 Å². The highest BCUT2D eigenvalue weighted by Gasteiger charge is 2.32. The number of carbonyl (C=O) groups is 3. The van der Waals surface area contributed by atoms with Gasteiger partial charge in [-0.2, -0.15) is 0 Å². The van der Waals surface area contributed by atoms with E-state index in [1.165, 1.54) is 6.92 Å². The molecular formula is C53H53F2NO7. The topological polar surface area (TPSA) is 158 Å². The second-order valence-electron chi connectivity index (χ2n) is 15.6. The molecule has 0 fully saturated rings. The molecule has 6 aromatic rings. The largest absolute Gasteiger partial charge is 0.481 e. The Morgan fingerprint density at radius 1 is 0.587 bits per heavy atom. The Kier molecular flexibility index (Phi) is 17.7. The maximum absolute atomic E-state index is 15.1. The van der Waals surface area contributed by atoms with Crippen LogP contribution in [0.3, 0.4) is 0 Å². The van der Waals surface area contributed by atoms with E-state index in [2.05, 4.69) is 0 Å². The molecule has 0 spiro atoms. The van der Waals surface area contributed by atoms with Gasteiger partial charge in [0.25, 0.3) is 0 Å². The zero-order chi connectivity index (χ0) is 46.2. The van der Waals surface area contributed by atoms with Gasteiger partial charge in [0, 0.05) is 27.8 Å². The van der Waals surface area contributed by atoms with Crippen molar-refractivity contribution in [1.29, 1.82) is 0 Å². The van der Waals surface area contributed by atoms with Gasteiger partial charge < -0.3 is 26.2 Å². The number of aliphatic hydroxyl groups excluding tert-OH is 2. The lowest BCUT2D eigenvalue weighted by Gasteiger charge is -2.21. The molecule has 2 atom stereocenters. The molecule has 0 aliphatic heterocycles. The zero-order valence-electron chi connectivity index (χ0n) is 35.8. The molecular weight excluding hydrogens is 801 g/mol. The molecule has 0 aliphatic rings. The molecule has 0 amide bonds. The summed E-state index contributed by atoms with van der Waals surface area (Å²) in [6.45, 7) is 5.79. The van der Waals surface area contributed by atoms with Crippen LogP contribution in [0.1, 0.15) is 69.6 Å². The maximum Gasteiger partial charge on any atom is 0.325 e. The van der Waals surface area contributed by atoms with Gasteiger partial charge in [-0.25, -0.2) is 8.78 Å². The Hall–Kier alpha value is -6.85. The van der Waals surface area contributed by atoms with Crippen LogP contribution < -0.4 is 5.73 Å². The summed E-state index contributed by atoms with van der Waals surface area (Å²) in [5, 5.41) is 35.2. The van der Waals surface area contributed by atoms with Crippen LogP contribution >= 0.6 is 0 Å². The van der Waals surface area contributed by atoms with Crippen molar-refractivity contribution in [2.45, 2.75) is 46.1 Å². The van der Waals surface area contributed by atoms with Gasteiger partial charge in [-0.1, -0.05) is 152 Å². The van der Waals surface area contributed by atoms with Gasteiger partial charge in [-0.3, -0.25) is 14.4 Å². The van der Waals surface area contributed by atoms with Crippen molar-refractivity contribution in [2.75, 3.05) is 13.2 Å². The molecule has 0 saturated carbocycles. The zero-order valence-corrected chi connectivity index (χ0v) is 35.8. The molecule has 326 valence electrons. The third-order valence-electron chi connectivity index (χ3n) is 10.5. The summed E-state index contributed by atoms with van der Waals surface area (Å²) in [6, 6.07) is 41.1. The van der Waals surface area contributed by atoms with Crippen molar-refractivity contribution in [3.8, 4) is 22.3 Å². The molecule has 0 aliphatic carbocycles. The minimum Gasteiger partial charge on any atom is -0.481 e. The smallest absolute Gasteiger partial charge is 0.325 e. The summed E-state index contributed by atoms with van der Waals surface area (Å²) >= 11 is 0. The SMILES string of the molecule is C[C@@](N)(CO)C(=O)O.Cc1ccc(C=O)cc1/C=C/c1cccc(-c2ccccc2)c1F.Cc1ccc(CC[C@](C)(CO)C(=O)O)cc1/C=C/c1cccc(-c2ccccc2)c1F. The van der Waals surface area contributed by atoms with Gasteiger partial charge in [-0.05, 0) is 85.5 Å². The van der Waals surface area contributed by atoms with E-state index in [4.69, 9.17) is 15.9 Å². The number of aliphatic hydroxyl groups is 2. The summed E-state index contributed by atoms with van der Waals surface area (Å²) in [4.78, 5) is 32.3. The second kappa shape index (κ2) is 22.8. The minimum atomic E-state index is -1.49. The van der Waals surface area contributed by atoms with Crippen molar-refractivity contribution < 1.29 is 43.6 Å². The van der Waals surface area contributed by atoms with Crippen molar-refractivity contribution in [1.82, 2.24) is 0 Å². The highest BCUT2D eigenvalue weighted by Crippen LogP contribution is 2.29. The summed E-state index contributed by atoms with van der Waals surface area (Å²) < 4.78 is 29.9. The summed E-state index contributed by atoms with van der Waals surface area (Å²) in [5.41, 5.74) is 11.7. The third kappa shape index (κ3) is 13.6. The van der Waals surface area contributed by atoms with Crippen LogP contribution in [0.2, 0.25) is 0 Å². The number of rotatable bonds is 14. The van der Waals surface area contributed by atoms with Gasteiger partial charge in [0.05, 0.1) is 18.6 Å². The first kappa shape index (κ1) is 48.8. The molecule has 6 rings (SSSR count). The molecule has 0 radical (unpaired) electrons. The number of halogens is 2. The number of aliphatic carboxylic acids is 2. The fraction of sp³-hybridized carbons (Fsp3) is 0.189. The van der Waals surface area contributed by atoms with Crippen LogP contribution in [0.5, 0.6) is 0 Å². The Morgan fingerprint density at radius 2 is 1.05 bits per heavy atom. The van der Waals surface area contributed by atoms with E-state index in [0.717, 1.165) is 45.2 Å². The molecule has 0 bridgehead atoms. The lowest BCUT2D eigenvalue weighted by molar-refractivity contribution is -0.150. The van der Waals surface area contributed by atoms with Gasteiger partial charge in [0.2, 0.25) is 0 Å². The minimum absolute atomic E-state index is 0.246. The van der Waals surface area contributed by atoms with Crippen molar-refractivity contribution >= 4 is 42.5 Å². The predicted molar refractivity (Wildman–Crippen MR) is 248 cm³/mol. The van der Waals surface area contributed by atoms with E-state index in [9.17, 15) is 29.0 Å². The van der Waals surface area contributed by atoms with Crippen molar-refractivity contribution in [3.05, 3.63) is 190 Å². The number of benzene rings is 6. The molecule has 8 nitrogen and oxygen atoms in total. The average molecular weight is 854 g/mol. The number of hydrogen-bond donors (Lipinski definition) is 5. The van der Waals surface area contributed by atoms with Crippen molar-refractivity contribution in [2.24, 2.45) is 11.1 Å². The quantitative estimate of drug-likeness (QED) is 0.0535. The van der Waals surface area contributed by atoms with E-state index < -0.39 is 36.1 Å². The van der Waals surface area contributed by atoms with E-state index >= 15 is 4.39 Å². The third-order valence-corrected chi connectivity index (χ3v) is 10.5. The average Bonchev–Trinajstić information content (AvgIpc) is 3.29. The summed E-state index contributed by atoms with van der Waals surface area (Å²) in [5.74, 6) is -2.71. The van der Waals surface area contributed by atoms with Crippen LogP contribution in [-0.4, -0.2) is 57.4 Å². The maximum atomic E-state index is 15.1. The van der Waals surface area contributed by atoms with E-state index in [-0.39, 0.29) is 11.6 Å². The molecule has 0 aromatic heterocycles. The summed E-state index contributed by atoms with van der Waals surface area (Å²) in [6.07, 6.45) is 8.92. The van der Waals surface area contributed by atoms with Crippen LogP contribution in [-0.2, 0) is 16.0 Å². The van der Waals surface area contributed by atoms with Gasteiger partial charge in [0.1, 0.15) is 23.5 Å². The monoisotopic (exact) mass is 853 g/mol. The van der Waals surface area contributed by atoms with E-state index in [1.807, 2.05) is 123 Å². The second-order valence-corrected chi connectivity index (χ2v) is 15.6. The number of carboxylic acids is 2. The van der Waals surface area contributed by atoms with Crippen LogP contribution in [0.25, 0.3) is 46.6 Å². The number of carboxylic acid groups (broad SMARTS) is 2. The summed E-state index contributed by atoms with van der Waals surface area (Å²) in [7, 11) is 0. The number of hydrogen-bond acceptors (Lipinski definition) is 6. The van der Waals surface area contributed by atoms with Crippen LogP contribution in [0, 0.1) is 30.9 Å². The lowest BCUT2D eigenvalue weighted by Crippen LogP contribution is -2.48. The van der Waals surface area contributed by atoms with Gasteiger partial charge in [0.15, 0.2) is 0 Å². The Morgan fingerprint density at radius 3 is 1.46 bits per heavy atom. The lowest BCUT2D eigenvalue weighted by atomic mass is 9.84. The van der Waals surface area contributed by atoms with Gasteiger partial charge >= 0.3 is 11.9 Å². The molecule has 0 heterocycles. The molecule has 63 heavy (non-hydrogen) atoms. The molecule has 0 saturated heterocycles. The number of aldehydes is 1. The molecule has 0 unspecified atom stereocenters. The predicted octanol–water partition coefficient (Wildman–Crippen LogP) is 10.6. The molecule has 6 aromatic carbocycles. The normalized spacial score (nSPS) is 12.9. The Labute approximate surface area is 367 Å². The molecule has 6 N–H and O–H groups in total. The first-order valence-corrected chi connectivity index (χ1v) is 20.2. The molecule has 10 heteroatoms. The highest BCUT2D eigenvalue weighted by molar-refractivity contribution is 5.81. The Bertz CT molecular complexity index is 2550. The van der Waals surface area contributed by atoms with E-state index in [1.54, 1.807) is 55.5 Å². The number of aryl methyl sites for hydroxylation is 3. The van der Waals surface area contributed by atoms with Crippen LogP contribution in [0.15, 0.2) is 133 Å². The fourth-order valence-electron chi connectivity index (χ4n) is 6.08. The van der Waals surface area contributed by atoms with E-state index in [0.29, 0.717) is 40.7 Å². The Balaban J connectivity index is 0.000000241. The first-order chi connectivity index (χ1) is 30.0. The van der Waals surface area contributed by atoms with Gasteiger partial charge in [-0.15, -0.1) is 0 Å². The number of nitrogens with two attached hydrogens (primary N) is 1.